The largest absolute Gasteiger partial charge is 0.462 e. The molecule has 0 aromatic rings. The molecular weight excluding hydrogens is 985 g/mol. The van der Waals surface area contributed by atoms with E-state index in [9.17, 15) is 14.4 Å². The molecule has 6 heteroatoms. The van der Waals surface area contributed by atoms with Crippen molar-refractivity contribution >= 4 is 17.9 Å². The summed E-state index contributed by atoms with van der Waals surface area (Å²) in [7, 11) is 0. The van der Waals surface area contributed by atoms with Crippen molar-refractivity contribution in [3.05, 3.63) is 146 Å². The maximum Gasteiger partial charge on any atom is 0.306 e. The number of esters is 3. The predicted molar refractivity (Wildman–Crippen MR) is 348 cm³/mol. The lowest BCUT2D eigenvalue weighted by Gasteiger charge is -2.18. The van der Waals surface area contributed by atoms with Crippen LogP contribution in [0.25, 0.3) is 0 Å². The Kier molecular flexibility index (Phi) is 62.9. The number of ether oxygens (including phenoxy) is 3. The van der Waals surface area contributed by atoms with Crippen LogP contribution in [0.1, 0.15) is 284 Å². The van der Waals surface area contributed by atoms with Crippen molar-refractivity contribution in [3.63, 3.8) is 0 Å². The Morgan fingerprint density at radius 3 is 0.762 bits per heavy atom. The van der Waals surface area contributed by atoms with Gasteiger partial charge in [0, 0.05) is 19.3 Å². The fraction of sp³-hybridized carbons (Fsp3) is 0.635. The summed E-state index contributed by atoms with van der Waals surface area (Å²) in [6, 6.07) is 0. The highest BCUT2D eigenvalue weighted by atomic mass is 16.6. The number of carbonyl (C=O) groups is 3. The summed E-state index contributed by atoms with van der Waals surface area (Å²) in [5, 5.41) is 0. The SMILES string of the molecule is CC/C=C\C/C=C\C/C=C\C/C=C\C/C=C\C/C=C\C/C=C\CCCCCCCCCCCCCC(=O)OCC(COC(=O)CCCCCCCC)OC(=O)CCCCCCCCC/C=C\C/C=C\C/C=C\C/C=C\C/C=C\CC. The van der Waals surface area contributed by atoms with Crippen molar-refractivity contribution in [1.82, 2.24) is 0 Å². The lowest BCUT2D eigenvalue weighted by Crippen LogP contribution is -2.30. The molecule has 0 aliphatic carbocycles. The smallest absolute Gasteiger partial charge is 0.306 e. The Morgan fingerprint density at radius 2 is 0.487 bits per heavy atom. The highest BCUT2D eigenvalue weighted by molar-refractivity contribution is 5.71. The standard InChI is InChI=1S/C74H120O6/c1-4-7-10-13-16-18-20-22-24-26-28-30-32-33-34-35-36-37-38-39-40-41-43-44-46-48-50-52-54-56-58-61-64-67-73(76)79-70-71(69-78-72(75)66-63-60-15-12-9-6-3)80-74(77)68-65-62-59-57-55-53-51-49-47-45-42-31-29-27-25-23-21-19-17-14-11-8-5-2/h7-8,10-11,16-19,22-25,28-31,33-34,36-37,39-40,45,47,71H,4-6,9,12-15,20-21,26-27,32,35,38,41-44,46,48-70H2,1-3H3/b10-7-,11-8-,18-16-,19-17-,24-22-,25-23-,30-28-,31-29-,34-33-,37-36-,40-39-,47-45-. The molecule has 0 radical (unpaired) electrons. The second-order valence-electron chi connectivity index (χ2n) is 21.3. The average Bonchev–Trinajstić information content (AvgIpc) is 3.46. The van der Waals surface area contributed by atoms with Gasteiger partial charge in [-0.15, -0.1) is 0 Å². The van der Waals surface area contributed by atoms with Crippen LogP contribution < -0.4 is 0 Å². The molecule has 0 aromatic heterocycles. The molecule has 6 nitrogen and oxygen atoms in total. The van der Waals surface area contributed by atoms with Crippen LogP contribution in [0.5, 0.6) is 0 Å². The van der Waals surface area contributed by atoms with Crippen molar-refractivity contribution in [2.45, 2.75) is 290 Å². The zero-order chi connectivity index (χ0) is 57.8. The molecule has 1 atom stereocenters. The van der Waals surface area contributed by atoms with Crippen LogP contribution in [0.15, 0.2) is 146 Å². The van der Waals surface area contributed by atoms with Crippen molar-refractivity contribution < 1.29 is 28.6 Å². The van der Waals surface area contributed by atoms with Crippen LogP contribution in [-0.4, -0.2) is 37.2 Å². The molecule has 80 heavy (non-hydrogen) atoms. The van der Waals surface area contributed by atoms with E-state index < -0.39 is 6.10 Å². The Morgan fingerprint density at radius 1 is 0.263 bits per heavy atom. The van der Waals surface area contributed by atoms with Gasteiger partial charge in [-0.3, -0.25) is 14.4 Å². The summed E-state index contributed by atoms with van der Waals surface area (Å²) >= 11 is 0. The summed E-state index contributed by atoms with van der Waals surface area (Å²) in [4.78, 5) is 38.0. The lowest BCUT2D eigenvalue weighted by atomic mass is 10.0. The Labute approximate surface area is 493 Å². The predicted octanol–water partition coefficient (Wildman–Crippen LogP) is 22.7. The third-order valence-corrected chi connectivity index (χ3v) is 13.6. The van der Waals surface area contributed by atoms with Gasteiger partial charge in [0.1, 0.15) is 13.2 Å². The van der Waals surface area contributed by atoms with E-state index in [0.717, 1.165) is 141 Å². The fourth-order valence-electron chi connectivity index (χ4n) is 8.74. The van der Waals surface area contributed by atoms with Gasteiger partial charge < -0.3 is 14.2 Å². The summed E-state index contributed by atoms with van der Waals surface area (Å²) in [6.45, 7) is 6.34. The minimum Gasteiger partial charge on any atom is -0.462 e. The van der Waals surface area contributed by atoms with Crippen LogP contribution in [0, 0.1) is 0 Å². The monoisotopic (exact) mass is 1100 g/mol. The Balaban J connectivity index is 4.12. The fourth-order valence-corrected chi connectivity index (χ4v) is 8.74. The minimum absolute atomic E-state index is 0.0863. The first-order chi connectivity index (χ1) is 39.5. The summed E-state index contributed by atoms with van der Waals surface area (Å²) in [5.41, 5.74) is 0. The van der Waals surface area contributed by atoms with E-state index in [-0.39, 0.29) is 31.1 Å². The van der Waals surface area contributed by atoms with Gasteiger partial charge in [0.05, 0.1) is 0 Å². The maximum atomic E-state index is 12.9. The van der Waals surface area contributed by atoms with E-state index in [1.165, 1.54) is 103 Å². The molecule has 0 rings (SSSR count). The van der Waals surface area contributed by atoms with Gasteiger partial charge in [-0.1, -0.05) is 289 Å². The van der Waals surface area contributed by atoms with Gasteiger partial charge >= 0.3 is 17.9 Å². The van der Waals surface area contributed by atoms with Crippen molar-refractivity contribution in [3.8, 4) is 0 Å². The molecule has 0 N–H and O–H groups in total. The van der Waals surface area contributed by atoms with Crippen molar-refractivity contribution in [2.75, 3.05) is 13.2 Å². The van der Waals surface area contributed by atoms with Crippen molar-refractivity contribution in [2.24, 2.45) is 0 Å². The Bertz CT molecular complexity index is 1750. The molecule has 0 aliphatic heterocycles. The molecule has 1 unspecified atom stereocenters. The molecule has 452 valence electrons. The van der Waals surface area contributed by atoms with E-state index in [1.54, 1.807) is 0 Å². The number of unbranched alkanes of at least 4 members (excludes halogenated alkanes) is 23. The van der Waals surface area contributed by atoms with Crippen LogP contribution in [0.4, 0.5) is 0 Å². The third-order valence-electron chi connectivity index (χ3n) is 13.6. The summed E-state index contributed by atoms with van der Waals surface area (Å²) in [6.07, 6.45) is 96.0. The van der Waals surface area contributed by atoms with E-state index in [1.807, 2.05) is 0 Å². The van der Waals surface area contributed by atoms with Gasteiger partial charge in [0.2, 0.25) is 0 Å². The van der Waals surface area contributed by atoms with Crippen LogP contribution in [-0.2, 0) is 28.6 Å². The van der Waals surface area contributed by atoms with Crippen LogP contribution >= 0.6 is 0 Å². The number of hydrogen-bond donors (Lipinski definition) is 0. The molecule has 0 saturated heterocycles. The third kappa shape index (κ3) is 64.1. The van der Waals surface area contributed by atoms with E-state index in [2.05, 4.69) is 167 Å². The van der Waals surface area contributed by atoms with Crippen LogP contribution in [0.3, 0.4) is 0 Å². The molecule has 0 bridgehead atoms. The first kappa shape index (κ1) is 75.3. The minimum atomic E-state index is -0.788. The second-order valence-corrected chi connectivity index (χ2v) is 21.3. The number of rotatable bonds is 58. The highest BCUT2D eigenvalue weighted by Crippen LogP contribution is 2.15. The Hall–Kier alpha value is -4.71. The average molecular weight is 1110 g/mol. The van der Waals surface area contributed by atoms with Gasteiger partial charge in [0.15, 0.2) is 6.10 Å². The second kappa shape index (κ2) is 66.8. The molecule has 0 spiro atoms. The summed E-state index contributed by atoms with van der Waals surface area (Å²) < 4.78 is 16.8. The van der Waals surface area contributed by atoms with Gasteiger partial charge in [-0.05, 0) is 122 Å². The highest BCUT2D eigenvalue weighted by Gasteiger charge is 2.19. The summed E-state index contributed by atoms with van der Waals surface area (Å²) in [5.74, 6) is -0.910. The topological polar surface area (TPSA) is 78.9 Å². The molecular formula is C74H120O6. The first-order valence-corrected chi connectivity index (χ1v) is 32.8. The molecule has 0 fully saturated rings. The van der Waals surface area contributed by atoms with Crippen molar-refractivity contribution in [1.29, 1.82) is 0 Å². The van der Waals surface area contributed by atoms with E-state index in [0.29, 0.717) is 19.3 Å². The molecule has 0 aromatic carbocycles. The van der Waals surface area contributed by atoms with Crippen LogP contribution in [0.2, 0.25) is 0 Å². The normalized spacial score (nSPS) is 13.1. The van der Waals surface area contributed by atoms with E-state index >= 15 is 0 Å². The van der Waals surface area contributed by atoms with E-state index in [4.69, 9.17) is 14.2 Å². The van der Waals surface area contributed by atoms with Gasteiger partial charge in [-0.25, -0.2) is 0 Å². The molecule has 0 amide bonds. The van der Waals surface area contributed by atoms with Gasteiger partial charge in [0.25, 0.3) is 0 Å². The number of hydrogen-bond acceptors (Lipinski definition) is 6. The number of carbonyl (C=O) groups excluding carboxylic acids is 3. The maximum absolute atomic E-state index is 12.9. The van der Waals surface area contributed by atoms with Gasteiger partial charge in [-0.2, -0.15) is 0 Å². The zero-order valence-corrected chi connectivity index (χ0v) is 51.8. The molecule has 0 saturated carbocycles. The molecule has 0 aliphatic rings. The number of allylic oxidation sites excluding steroid dienone is 24. The quantitative estimate of drug-likeness (QED) is 0.0261. The first-order valence-electron chi connectivity index (χ1n) is 32.8. The molecule has 0 heterocycles. The lowest BCUT2D eigenvalue weighted by molar-refractivity contribution is -0.167. The zero-order valence-electron chi connectivity index (χ0n) is 51.8.